The number of ether oxygens (including phenoxy) is 1. The normalized spacial score (nSPS) is 15.2. The quantitative estimate of drug-likeness (QED) is 0.837. The summed E-state index contributed by atoms with van der Waals surface area (Å²) in [5, 5.41) is 0.724. The minimum Gasteiger partial charge on any atom is -0.484 e. The Labute approximate surface area is 148 Å². The average molecular weight is 353 g/mol. The van der Waals surface area contributed by atoms with E-state index in [1.165, 1.54) is 0 Å². The number of hydrogen-bond donors (Lipinski definition) is 0. The van der Waals surface area contributed by atoms with Gasteiger partial charge in [-0.05, 0) is 43.5 Å². The van der Waals surface area contributed by atoms with Crippen LogP contribution in [0.4, 0.5) is 0 Å². The van der Waals surface area contributed by atoms with E-state index in [2.05, 4.69) is 0 Å². The van der Waals surface area contributed by atoms with Gasteiger partial charge >= 0.3 is 0 Å². The number of carbonyl (C=O) groups is 2. The summed E-state index contributed by atoms with van der Waals surface area (Å²) >= 11 is 6.14. The first kappa shape index (κ1) is 18.6. The number of hydrogen-bond acceptors (Lipinski definition) is 3. The van der Waals surface area contributed by atoms with Crippen molar-refractivity contribution in [1.82, 2.24) is 9.80 Å². The SMILES string of the molecule is CCC(=O)N1CCCN(C(=O)COc2cc(C)c(Cl)c(C)c2)CC1. The van der Waals surface area contributed by atoms with Crippen LogP contribution < -0.4 is 4.74 Å². The number of nitrogens with zero attached hydrogens (tertiary/aromatic N) is 2. The van der Waals surface area contributed by atoms with Gasteiger partial charge in [-0.15, -0.1) is 0 Å². The molecule has 0 aromatic heterocycles. The van der Waals surface area contributed by atoms with Gasteiger partial charge < -0.3 is 14.5 Å². The molecule has 1 heterocycles. The molecule has 1 aliphatic rings. The zero-order valence-corrected chi connectivity index (χ0v) is 15.4. The highest BCUT2D eigenvalue weighted by Crippen LogP contribution is 2.25. The number of benzene rings is 1. The van der Waals surface area contributed by atoms with Gasteiger partial charge in [-0.25, -0.2) is 0 Å². The summed E-state index contributed by atoms with van der Waals surface area (Å²) in [6.45, 7) is 8.23. The lowest BCUT2D eigenvalue weighted by molar-refractivity contribution is -0.134. The van der Waals surface area contributed by atoms with Crippen LogP contribution in [0.15, 0.2) is 12.1 Å². The highest BCUT2D eigenvalue weighted by atomic mass is 35.5. The number of rotatable bonds is 4. The van der Waals surface area contributed by atoms with E-state index >= 15 is 0 Å². The molecule has 6 heteroatoms. The topological polar surface area (TPSA) is 49.9 Å². The monoisotopic (exact) mass is 352 g/mol. The molecule has 0 aliphatic carbocycles. The van der Waals surface area contributed by atoms with Gasteiger partial charge in [-0.1, -0.05) is 18.5 Å². The van der Waals surface area contributed by atoms with E-state index in [1.807, 2.05) is 37.8 Å². The van der Waals surface area contributed by atoms with Crippen LogP contribution in [-0.4, -0.2) is 54.4 Å². The fraction of sp³-hybridized carbons (Fsp3) is 0.556. The van der Waals surface area contributed by atoms with Crippen LogP contribution in [0, 0.1) is 13.8 Å². The predicted molar refractivity (Wildman–Crippen MR) is 94.5 cm³/mol. The molecule has 0 bridgehead atoms. The number of aryl methyl sites for hydroxylation is 2. The van der Waals surface area contributed by atoms with Crippen molar-refractivity contribution in [2.75, 3.05) is 32.8 Å². The molecule has 0 radical (unpaired) electrons. The van der Waals surface area contributed by atoms with E-state index < -0.39 is 0 Å². The van der Waals surface area contributed by atoms with Gasteiger partial charge in [-0.3, -0.25) is 9.59 Å². The highest BCUT2D eigenvalue weighted by Gasteiger charge is 2.21. The Morgan fingerprint density at radius 3 is 2.12 bits per heavy atom. The van der Waals surface area contributed by atoms with E-state index in [4.69, 9.17) is 16.3 Å². The van der Waals surface area contributed by atoms with Crippen LogP contribution in [0.3, 0.4) is 0 Å². The fourth-order valence-corrected chi connectivity index (χ4v) is 2.97. The molecule has 1 aromatic rings. The Kier molecular flexibility index (Phi) is 6.49. The lowest BCUT2D eigenvalue weighted by Gasteiger charge is -2.22. The first-order valence-electron chi connectivity index (χ1n) is 8.37. The summed E-state index contributed by atoms with van der Waals surface area (Å²) in [6.07, 6.45) is 1.31. The third kappa shape index (κ3) is 4.63. The second-order valence-corrected chi connectivity index (χ2v) is 6.51. The maximum atomic E-state index is 12.4. The van der Waals surface area contributed by atoms with Crippen molar-refractivity contribution in [3.63, 3.8) is 0 Å². The smallest absolute Gasteiger partial charge is 0.260 e. The molecule has 1 fully saturated rings. The van der Waals surface area contributed by atoms with Crippen molar-refractivity contribution >= 4 is 23.4 Å². The number of halogens is 1. The van der Waals surface area contributed by atoms with E-state index in [-0.39, 0.29) is 18.4 Å². The summed E-state index contributed by atoms with van der Waals surface area (Å²) in [5.74, 6) is 0.749. The van der Waals surface area contributed by atoms with Gasteiger partial charge in [0, 0.05) is 37.6 Å². The molecule has 1 aliphatic heterocycles. The first-order valence-corrected chi connectivity index (χ1v) is 8.75. The van der Waals surface area contributed by atoms with Crippen LogP contribution >= 0.6 is 11.6 Å². The molecule has 0 spiro atoms. The van der Waals surface area contributed by atoms with Gasteiger partial charge in [0.05, 0.1) is 0 Å². The van der Waals surface area contributed by atoms with Crippen molar-refractivity contribution < 1.29 is 14.3 Å². The summed E-state index contributed by atoms with van der Waals surface area (Å²) in [5.41, 5.74) is 1.87. The van der Waals surface area contributed by atoms with Gasteiger partial charge in [-0.2, -0.15) is 0 Å². The molecule has 1 aromatic carbocycles. The largest absolute Gasteiger partial charge is 0.484 e. The van der Waals surface area contributed by atoms with Crippen molar-refractivity contribution in [3.8, 4) is 5.75 Å². The van der Waals surface area contributed by atoms with E-state index in [9.17, 15) is 9.59 Å². The Balaban J connectivity index is 1.90. The van der Waals surface area contributed by atoms with E-state index in [0.717, 1.165) is 22.6 Å². The van der Waals surface area contributed by atoms with Crippen LogP contribution in [-0.2, 0) is 9.59 Å². The Morgan fingerprint density at radius 1 is 1.04 bits per heavy atom. The molecular weight excluding hydrogens is 328 g/mol. The van der Waals surface area contributed by atoms with Crippen LogP contribution in [0.5, 0.6) is 5.75 Å². The Hall–Kier alpha value is -1.75. The summed E-state index contributed by atoms with van der Waals surface area (Å²) in [4.78, 5) is 27.8. The van der Waals surface area contributed by atoms with E-state index in [0.29, 0.717) is 38.3 Å². The Bertz CT molecular complexity index is 595. The highest BCUT2D eigenvalue weighted by molar-refractivity contribution is 6.32. The van der Waals surface area contributed by atoms with Crippen LogP contribution in [0.1, 0.15) is 30.9 Å². The second kappa shape index (κ2) is 8.38. The first-order chi connectivity index (χ1) is 11.4. The Morgan fingerprint density at radius 2 is 1.58 bits per heavy atom. The van der Waals surface area contributed by atoms with Gasteiger partial charge in [0.25, 0.3) is 5.91 Å². The third-order valence-corrected chi connectivity index (χ3v) is 4.87. The summed E-state index contributed by atoms with van der Waals surface area (Å²) in [6, 6.07) is 3.68. The maximum absolute atomic E-state index is 12.4. The molecular formula is C18H25ClN2O3. The molecule has 0 saturated carbocycles. The van der Waals surface area contributed by atoms with Crippen molar-refractivity contribution in [2.45, 2.75) is 33.6 Å². The zero-order chi connectivity index (χ0) is 17.7. The van der Waals surface area contributed by atoms with Gasteiger partial charge in [0.1, 0.15) is 5.75 Å². The molecule has 0 unspecified atom stereocenters. The van der Waals surface area contributed by atoms with Gasteiger partial charge in [0.15, 0.2) is 6.61 Å². The maximum Gasteiger partial charge on any atom is 0.260 e. The van der Waals surface area contributed by atoms with Gasteiger partial charge in [0.2, 0.25) is 5.91 Å². The third-order valence-electron chi connectivity index (χ3n) is 4.28. The van der Waals surface area contributed by atoms with Crippen LogP contribution in [0.2, 0.25) is 5.02 Å². The lowest BCUT2D eigenvalue weighted by atomic mass is 10.1. The molecule has 24 heavy (non-hydrogen) atoms. The van der Waals surface area contributed by atoms with Crippen molar-refractivity contribution in [1.29, 1.82) is 0 Å². The number of carbonyl (C=O) groups excluding carboxylic acids is 2. The minimum absolute atomic E-state index is 0.00222. The molecule has 2 rings (SSSR count). The standard InChI is InChI=1S/C18H25ClN2O3/c1-4-16(22)20-6-5-7-21(9-8-20)17(23)12-24-15-10-13(2)18(19)14(3)11-15/h10-11H,4-9,12H2,1-3H3. The second-order valence-electron chi connectivity index (χ2n) is 6.13. The lowest BCUT2D eigenvalue weighted by Crippen LogP contribution is -2.39. The number of amides is 2. The predicted octanol–water partition coefficient (Wildman–Crippen LogP) is 2.81. The van der Waals surface area contributed by atoms with Crippen molar-refractivity contribution in [3.05, 3.63) is 28.3 Å². The molecule has 1 saturated heterocycles. The molecule has 0 N–H and O–H groups in total. The van der Waals surface area contributed by atoms with E-state index in [1.54, 1.807) is 4.90 Å². The zero-order valence-electron chi connectivity index (χ0n) is 14.6. The molecule has 5 nitrogen and oxygen atoms in total. The molecule has 2 amide bonds. The average Bonchev–Trinajstić information content (AvgIpc) is 2.82. The van der Waals surface area contributed by atoms with Crippen LogP contribution in [0.25, 0.3) is 0 Å². The molecule has 132 valence electrons. The summed E-state index contributed by atoms with van der Waals surface area (Å²) < 4.78 is 5.64. The molecule has 0 atom stereocenters. The van der Waals surface area contributed by atoms with Crippen molar-refractivity contribution in [2.24, 2.45) is 0 Å². The minimum atomic E-state index is -0.0500. The fourth-order valence-electron chi connectivity index (χ4n) is 2.87. The summed E-state index contributed by atoms with van der Waals surface area (Å²) in [7, 11) is 0.